The Bertz CT molecular complexity index is 319. The van der Waals surface area contributed by atoms with Crippen LogP contribution < -0.4 is 0 Å². The van der Waals surface area contributed by atoms with Crippen molar-refractivity contribution >= 4 is 21.8 Å². The molecule has 1 aliphatic carbocycles. The molecule has 82 valence electrons. The molecule has 1 aromatic rings. The molecule has 0 aromatic carbocycles. The maximum absolute atomic E-state index is 11.8. The van der Waals surface area contributed by atoms with Gasteiger partial charge >= 0.3 is 0 Å². The fourth-order valence-electron chi connectivity index (χ4n) is 1.60. The van der Waals surface area contributed by atoms with Gasteiger partial charge in [-0.3, -0.25) is 4.79 Å². The first-order chi connectivity index (χ1) is 7.31. The summed E-state index contributed by atoms with van der Waals surface area (Å²) in [4.78, 5) is 13.7. The maximum atomic E-state index is 11.8. The molecular weight excluding hydrogens is 258 g/mol. The van der Waals surface area contributed by atoms with Crippen molar-refractivity contribution in [3.63, 3.8) is 0 Å². The molecule has 0 unspecified atom stereocenters. The smallest absolute Gasteiger partial charge is 0.224 e. The van der Waals surface area contributed by atoms with Crippen molar-refractivity contribution in [1.29, 1.82) is 0 Å². The molecule has 0 aliphatic heterocycles. The Kier molecular flexibility index (Phi) is 3.46. The van der Waals surface area contributed by atoms with Crippen molar-refractivity contribution in [3.8, 4) is 0 Å². The summed E-state index contributed by atoms with van der Waals surface area (Å²) in [6.45, 7) is 0.615. The zero-order valence-corrected chi connectivity index (χ0v) is 10.1. The van der Waals surface area contributed by atoms with Crippen LogP contribution in [0.2, 0.25) is 0 Å². The van der Waals surface area contributed by atoms with Gasteiger partial charge in [0.05, 0.1) is 12.8 Å². The van der Waals surface area contributed by atoms with E-state index in [1.54, 1.807) is 6.26 Å². The Hall–Kier alpha value is -0.770. The Morgan fingerprint density at radius 1 is 1.60 bits per heavy atom. The van der Waals surface area contributed by atoms with Crippen LogP contribution in [0.25, 0.3) is 0 Å². The predicted octanol–water partition coefficient (Wildman–Crippen LogP) is 2.56. The minimum Gasteiger partial charge on any atom is -0.467 e. The van der Waals surface area contributed by atoms with E-state index in [1.807, 2.05) is 17.0 Å². The fraction of sp³-hybridized carbons (Fsp3) is 0.545. The first-order valence-electron chi connectivity index (χ1n) is 5.19. The molecule has 0 radical (unpaired) electrons. The number of carbonyl (C=O) groups excluding carboxylic acids is 1. The van der Waals surface area contributed by atoms with Gasteiger partial charge in [-0.2, -0.15) is 0 Å². The number of nitrogens with zero attached hydrogens (tertiary/aromatic N) is 1. The van der Waals surface area contributed by atoms with Crippen molar-refractivity contribution in [1.82, 2.24) is 4.90 Å². The van der Waals surface area contributed by atoms with Crippen LogP contribution in [0.4, 0.5) is 0 Å². The molecule has 0 N–H and O–H groups in total. The Labute approximate surface area is 97.6 Å². The second-order valence-electron chi connectivity index (χ2n) is 3.77. The molecule has 1 aliphatic rings. The van der Waals surface area contributed by atoms with Gasteiger partial charge in [-0.05, 0) is 25.0 Å². The molecule has 2 rings (SSSR count). The third-order valence-electron chi connectivity index (χ3n) is 2.52. The molecule has 15 heavy (non-hydrogen) atoms. The molecule has 4 heteroatoms. The minimum atomic E-state index is 0.214. The average Bonchev–Trinajstić information content (AvgIpc) is 2.93. The topological polar surface area (TPSA) is 33.5 Å². The fourth-order valence-corrected chi connectivity index (χ4v) is 1.94. The minimum absolute atomic E-state index is 0.214. The third kappa shape index (κ3) is 2.84. The summed E-state index contributed by atoms with van der Waals surface area (Å²) in [6, 6.07) is 4.22. The van der Waals surface area contributed by atoms with Crippen LogP contribution in [0.1, 0.15) is 25.0 Å². The molecule has 0 saturated heterocycles. The number of hydrogen-bond acceptors (Lipinski definition) is 2. The van der Waals surface area contributed by atoms with Crippen molar-refractivity contribution in [2.24, 2.45) is 0 Å². The Balaban J connectivity index is 1.97. The maximum Gasteiger partial charge on any atom is 0.224 e. The van der Waals surface area contributed by atoms with E-state index in [-0.39, 0.29) is 5.91 Å². The van der Waals surface area contributed by atoms with Crippen LogP contribution in [0, 0.1) is 0 Å². The summed E-state index contributed by atoms with van der Waals surface area (Å²) in [7, 11) is 0. The number of hydrogen-bond donors (Lipinski definition) is 0. The standard InChI is InChI=1S/C11H14BrNO2/c12-6-5-11(14)13(9-3-4-9)8-10-2-1-7-15-10/h1-2,7,9H,3-6,8H2. The third-order valence-corrected chi connectivity index (χ3v) is 2.92. The summed E-state index contributed by atoms with van der Waals surface area (Å²) in [5, 5.41) is 0.729. The van der Waals surface area contributed by atoms with E-state index < -0.39 is 0 Å². The molecule has 1 heterocycles. The van der Waals surface area contributed by atoms with E-state index >= 15 is 0 Å². The van der Waals surface area contributed by atoms with Crippen LogP contribution in [-0.2, 0) is 11.3 Å². The summed E-state index contributed by atoms with van der Waals surface area (Å²) < 4.78 is 5.26. The largest absolute Gasteiger partial charge is 0.467 e. The second kappa shape index (κ2) is 4.84. The highest BCUT2D eigenvalue weighted by molar-refractivity contribution is 9.09. The lowest BCUT2D eigenvalue weighted by Crippen LogP contribution is -2.32. The summed E-state index contributed by atoms with van der Waals surface area (Å²) in [5.41, 5.74) is 0. The van der Waals surface area contributed by atoms with Gasteiger partial charge in [0.15, 0.2) is 0 Å². The lowest BCUT2D eigenvalue weighted by atomic mass is 10.3. The van der Waals surface area contributed by atoms with E-state index in [2.05, 4.69) is 15.9 Å². The van der Waals surface area contributed by atoms with E-state index in [4.69, 9.17) is 4.42 Å². The molecule has 0 bridgehead atoms. The number of furan rings is 1. The van der Waals surface area contributed by atoms with Crippen LogP contribution in [0.5, 0.6) is 0 Å². The molecule has 1 amide bonds. The highest BCUT2D eigenvalue weighted by Gasteiger charge is 2.32. The highest BCUT2D eigenvalue weighted by atomic mass is 79.9. The van der Waals surface area contributed by atoms with Crippen LogP contribution in [-0.4, -0.2) is 22.2 Å². The molecule has 0 atom stereocenters. The SMILES string of the molecule is O=C(CCBr)N(Cc1ccco1)C1CC1. The van der Waals surface area contributed by atoms with E-state index in [0.29, 0.717) is 19.0 Å². The van der Waals surface area contributed by atoms with Crippen molar-refractivity contribution in [3.05, 3.63) is 24.2 Å². The Morgan fingerprint density at radius 3 is 2.93 bits per heavy atom. The lowest BCUT2D eigenvalue weighted by Gasteiger charge is -2.20. The van der Waals surface area contributed by atoms with Gasteiger partial charge in [0, 0.05) is 17.8 Å². The highest BCUT2D eigenvalue weighted by Crippen LogP contribution is 2.29. The Morgan fingerprint density at radius 2 is 2.40 bits per heavy atom. The quantitative estimate of drug-likeness (QED) is 0.772. The van der Waals surface area contributed by atoms with Crippen LogP contribution in [0.3, 0.4) is 0 Å². The predicted molar refractivity (Wildman–Crippen MR) is 60.7 cm³/mol. The first-order valence-corrected chi connectivity index (χ1v) is 6.31. The normalized spacial score (nSPS) is 15.3. The zero-order valence-electron chi connectivity index (χ0n) is 8.49. The zero-order chi connectivity index (χ0) is 10.7. The molecule has 0 spiro atoms. The molecule has 1 aromatic heterocycles. The summed E-state index contributed by atoms with van der Waals surface area (Å²) >= 11 is 3.29. The number of alkyl halides is 1. The molecule has 1 saturated carbocycles. The summed E-state index contributed by atoms with van der Waals surface area (Å²) in [6.07, 6.45) is 4.48. The first kappa shape index (κ1) is 10.7. The average molecular weight is 272 g/mol. The van der Waals surface area contributed by atoms with E-state index in [9.17, 15) is 4.79 Å². The van der Waals surface area contributed by atoms with Gasteiger partial charge in [-0.25, -0.2) is 0 Å². The second-order valence-corrected chi connectivity index (χ2v) is 4.56. The van der Waals surface area contributed by atoms with Crippen molar-refractivity contribution < 1.29 is 9.21 Å². The van der Waals surface area contributed by atoms with Gasteiger partial charge in [0.1, 0.15) is 5.76 Å². The number of halogens is 1. The number of carbonyl (C=O) groups is 1. The van der Waals surface area contributed by atoms with Gasteiger partial charge in [0.2, 0.25) is 5.91 Å². The number of rotatable bonds is 5. The van der Waals surface area contributed by atoms with Gasteiger partial charge < -0.3 is 9.32 Å². The van der Waals surface area contributed by atoms with E-state index in [0.717, 1.165) is 23.9 Å². The van der Waals surface area contributed by atoms with Gasteiger partial charge in [0.25, 0.3) is 0 Å². The number of amides is 1. The van der Waals surface area contributed by atoms with Gasteiger partial charge in [-0.15, -0.1) is 0 Å². The van der Waals surface area contributed by atoms with E-state index in [1.165, 1.54) is 0 Å². The summed E-state index contributed by atoms with van der Waals surface area (Å²) in [5.74, 6) is 1.08. The monoisotopic (exact) mass is 271 g/mol. The van der Waals surface area contributed by atoms with Crippen LogP contribution in [0.15, 0.2) is 22.8 Å². The van der Waals surface area contributed by atoms with Crippen molar-refractivity contribution in [2.45, 2.75) is 31.8 Å². The van der Waals surface area contributed by atoms with Crippen molar-refractivity contribution in [2.75, 3.05) is 5.33 Å². The molecular formula is C11H14BrNO2. The molecule has 3 nitrogen and oxygen atoms in total. The molecule has 1 fully saturated rings. The van der Waals surface area contributed by atoms with Crippen LogP contribution >= 0.6 is 15.9 Å². The van der Waals surface area contributed by atoms with Gasteiger partial charge in [-0.1, -0.05) is 15.9 Å². The lowest BCUT2D eigenvalue weighted by molar-refractivity contribution is -0.132.